The predicted molar refractivity (Wildman–Crippen MR) is 109 cm³/mol. The average Bonchev–Trinajstić information content (AvgIpc) is 3.02. The number of carbonyl (C=O) groups excluding carboxylic acids is 1. The van der Waals surface area contributed by atoms with Crippen LogP contribution in [0.25, 0.3) is 11.3 Å². The first-order chi connectivity index (χ1) is 12.9. The Morgan fingerprint density at radius 1 is 1.22 bits per heavy atom. The van der Waals surface area contributed by atoms with E-state index < -0.39 is 0 Å². The van der Waals surface area contributed by atoms with Crippen LogP contribution >= 0.6 is 0 Å². The summed E-state index contributed by atoms with van der Waals surface area (Å²) in [6.45, 7) is 5.71. The molecule has 1 aromatic carbocycles. The van der Waals surface area contributed by atoms with Crippen molar-refractivity contribution in [2.24, 2.45) is 18.0 Å². The van der Waals surface area contributed by atoms with Crippen molar-refractivity contribution in [1.82, 2.24) is 25.3 Å². The Morgan fingerprint density at radius 2 is 1.93 bits per heavy atom. The second kappa shape index (κ2) is 9.75. The summed E-state index contributed by atoms with van der Waals surface area (Å²) in [5.41, 5.74) is 3.03. The Bertz CT molecular complexity index is 764. The van der Waals surface area contributed by atoms with Crippen molar-refractivity contribution in [2.45, 2.75) is 20.4 Å². The number of hydrogen-bond donors (Lipinski definition) is 2. The van der Waals surface area contributed by atoms with Gasteiger partial charge in [-0.25, -0.2) is 4.99 Å². The number of guanidine groups is 1. The average molecular weight is 371 g/mol. The molecule has 0 saturated carbocycles. The van der Waals surface area contributed by atoms with Crippen molar-refractivity contribution in [3.05, 3.63) is 42.1 Å². The van der Waals surface area contributed by atoms with Gasteiger partial charge < -0.3 is 15.5 Å². The quantitative estimate of drug-likeness (QED) is 0.576. The van der Waals surface area contributed by atoms with Gasteiger partial charge in [-0.15, -0.1) is 0 Å². The Hall–Kier alpha value is -2.83. The van der Waals surface area contributed by atoms with Crippen LogP contribution < -0.4 is 10.6 Å². The van der Waals surface area contributed by atoms with Crippen LogP contribution in [0.1, 0.15) is 19.4 Å². The lowest BCUT2D eigenvalue weighted by Gasteiger charge is -2.16. The second-order valence-corrected chi connectivity index (χ2v) is 7.12. The number of aryl methyl sites for hydroxylation is 1. The van der Waals surface area contributed by atoms with Gasteiger partial charge in [-0.3, -0.25) is 9.48 Å². The van der Waals surface area contributed by atoms with Crippen LogP contribution in [0.4, 0.5) is 0 Å². The van der Waals surface area contributed by atoms with Gasteiger partial charge in [0.05, 0.1) is 18.8 Å². The molecule has 0 unspecified atom stereocenters. The Kier molecular flexibility index (Phi) is 7.40. The molecule has 0 aliphatic carbocycles. The maximum Gasteiger partial charge on any atom is 0.241 e. The van der Waals surface area contributed by atoms with Crippen LogP contribution in [0.2, 0.25) is 0 Å². The molecular weight excluding hydrogens is 340 g/mol. The number of likely N-dealkylation sites (N-methyl/N-ethyl adjacent to an activating group) is 1. The number of hydrogen-bond acceptors (Lipinski definition) is 3. The zero-order valence-corrected chi connectivity index (χ0v) is 16.9. The van der Waals surface area contributed by atoms with E-state index in [4.69, 9.17) is 0 Å². The zero-order valence-electron chi connectivity index (χ0n) is 16.9. The summed E-state index contributed by atoms with van der Waals surface area (Å²) in [5, 5.41) is 11.0. The van der Waals surface area contributed by atoms with Gasteiger partial charge in [-0.1, -0.05) is 44.2 Å². The molecule has 2 aromatic rings. The fraction of sp³-hybridized carbons (Fsp3) is 0.450. The first-order valence-corrected chi connectivity index (χ1v) is 9.17. The number of amides is 1. The summed E-state index contributed by atoms with van der Waals surface area (Å²) < 4.78 is 1.80. The highest BCUT2D eigenvalue weighted by molar-refractivity contribution is 5.86. The molecule has 27 heavy (non-hydrogen) atoms. The molecule has 1 amide bonds. The Balaban J connectivity index is 2.15. The van der Waals surface area contributed by atoms with E-state index in [-0.39, 0.29) is 12.5 Å². The second-order valence-electron chi connectivity index (χ2n) is 7.12. The molecular formula is C20H30N6O. The third-order valence-corrected chi connectivity index (χ3v) is 3.94. The summed E-state index contributed by atoms with van der Waals surface area (Å²) in [7, 11) is 5.39. The van der Waals surface area contributed by atoms with Crippen molar-refractivity contribution < 1.29 is 4.79 Å². The molecule has 0 fully saturated rings. The Labute approximate surface area is 161 Å². The molecule has 0 radical (unpaired) electrons. The van der Waals surface area contributed by atoms with Crippen LogP contribution in [0.15, 0.2) is 41.5 Å². The summed E-state index contributed by atoms with van der Waals surface area (Å²) in [6.07, 6.45) is 1.98. The highest BCUT2D eigenvalue weighted by Gasteiger charge is 2.11. The molecule has 1 heterocycles. The van der Waals surface area contributed by atoms with Gasteiger partial charge in [-0.05, 0) is 5.92 Å². The highest BCUT2D eigenvalue weighted by atomic mass is 16.2. The van der Waals surface area contributed by atoms with Crippen molar-refractivity contribution in [1.29, 1.82) is 0 Å². The molecule has 7 nitrogen and oxygen atoms in total. The van der Waals surface area contributed by atoms with Crippen molar-refractivity contribution in [3.63, 3.8) is 0 Å². The summed E-state index contributed by atoms with van der Waals surface area (Å²) in [6, 6.07) is 10.1. The van der Waals surface area contributed by atoms with E-state index in [2.05, 4.69) is 34.6 Å². The van der Waals surface area contributed by atoms with Crippen molar-refractivity contribution in [3.8, 4) is 11.3 Å². The minimum absolute atomic E-state index is 0.000370. The van der Waals surface area contributed by atoms with Crippen molar-refractivity contribution in [2.75, 3.05) is 27.2 Å². The van der Waals surface area contributed by atoms with Crippen LogP contribution in [0, 0.1) is 5.92 Å². The first kappa shape index (κ1) is 20.5. The molecule has 1 aromatic heterocycles. The number of benzene rings is 1. The SMILES string of the molecule is CC(C)CNC(=NCc1cn(C)nc1-c1ccccc1)NCC(=O)N(C)C. The molecule has 146 valence electrons. The lowest BCUT2D eigenvalue weighted by atomic mass is 10.1. The standard InChI is InChI=1S/C20H30N6O/c1-15(2)11-21-20(23-13-18(27)25(3)4)22-12-17-14-26(5)24-19(17)16-9-7-6-8-10-16/h6-10,14-15H,11-13H2,1-5H3,(H2,21,22,23). The van der Waals surface area contributed by atoms with E-state index >= 15 is 0 Å². The van der Waals surface area contributed by atoms with Gasteiger partial charge in [0.1, 0.15) is 0 Å². The lowest BCUT2D eigenvalue weighted by Crippen LogP contribution is -2.44. The van der Waals surface area contributed by atoms with E-state index in [1.807, 2.05) is 43.6 Å². The molecule has 0 aliphatic rings. The monoisotopic (exact) mass is 370 g/mol. The maximum absolute atomic E-state index is 11.9. The van der Waals surface area contributed by atoms with Crippen LogP contribution in [-0.4, -0.2) is 53.7 Å². The normalized spacial score (nSPS) is 11.6. The van der Waals surface area contributed by atoms with Crippen LogP contribution in [-0.2, 0) is 18.4 Å². The fourth-order valence-electron chi connectivity index (χ4n) is 2.45. The largest absolute Gasteiger partial charge is 0.356 e. The van der Waals surface area contributed by atoms with E-state index in [9.17, 15) is 4.79 Å². The number of nitrogens with one attached hydrogen (secondary N) is 2. The minimum Gasteiger partial charge on any atom is -0.356 e. The van der Waals surface area contributed by atoms with Crippen molar-refractivity contribution >= 4 is 11.9 Å². The number of nitrogens with zero attached hydrogens (tertiary/aromatic N) is 4. The molecule has 7 heteroatoms. The minimum atomic E-state index is 0.000370. The Morgan fingerprint density at radius 3 is 2.56 bits per heavy atom. The maximum atomic E-state index is 11.9. The summed E-state index contributed by atoms with van der Waals surface area (Å²) in [5.74, 6) is 1.10. The van der Waals surface area contributed by atoms with E-state index in [1.54, 1.807) is 23.7 Å². The van der Waals surface area contributed by atoms with E-state index in [1.165, 1.54) is 0 Å². The van der Waals surface area contributed by atoms with Gasteiger partial charge in [0.2, 0.25) is 5.91 Å². The van der Waals surface area contributed by atoms with Gasteiger partial charge in [-0.2, -0.15) is 5.10 Å². The lowest BCUT2D eigenvalue weighted by molar-refractivity contribution is -0.127. The zero-order chi connectivity index (χ0) is 19.8. The molecule has 0 spiro atoms. The topological polar surface area (TPSA) is 74.5 Å². The van der Waals surface area contributed by atoms with Crippen LogP contribution in [0.5, 0.6) is 0 Å². The molecule has 0 aliphatic heterocycles. The number of aromatic nitrogens is 2. The van der Waals surface area contributed by atoms with E-state index in [0.29, 0.717) is 18.4 Å². The first-order valence-electron chi connectivity index (χ1n) is 9.17. The molecule has 2 N–H and O–H groups in total. The summed E-state index contributed by atoms with van der Waals surface area (Å²) in [4.78, 5) is 18.1. The van der Waals surface area contributed by atoms with Gasteiger partial charge >= 0.3 is 0 Å². The van der Waals surface area contributed by atoms with E-state index in [0.717, 1.165) is 23.4 Å². The predicted octanol–water partition coefficient (Wildman–Crippen LogP) is 1.87. The van der Waals surface area contributed by atoms with Crippen LogP contribution in [0.3, 0.4) is 0 Å². The number of aliphatic imine (C=N–C) groups is 1. The molecule has 0 atom stereocenters. The molecule has 2 rings (SSSR count). The van der Waals surface area contributed by atoms with Gasteiger partial charge in [0, 0.05) is 45.0 Å². The number of rotatable bonds is 7. The number of carbonyl (C=O) groups is 1. The smallest absolute Gasteiger partial charge is 0.241 e. The fourth-order valence-corrected chi connectivity index (χ4v) is 2.45. The third-order valence-electron chi connectivity index (χ3n) is 3.94. The molecule has 0 bridgehead atoms. The van der Waals surface area contributed by atoms with Gasteiger partial charge in [0.15, 0.2) is 5.96 Å². The summed E-state index contributed by atoms with van der Waals surface area (Å²) >= 11 is 0. The third kappa shape index (κ3) is 6.44. The molecule has 0 saturated heterocycles. The highest BCUT2D eigenvalue weighted by Crippen LogP contribution is 2.22. The van der Waals surface area contributed by atoms with Gasteiger partial charge in [0.25, 0.3) is 0 Å².